The van der Waals surface area contributed by atoms with Crippen LogP contribution in [-0.2, 0) is 18.4 Å². The number of hydrogen-bond acceptors (Lipinski definition) is 3. The van der Waals surface area contributed by atoms with Crippen molar-refractivity contribution in [1.29, 1.82) is 0 Å². The second-order valence-corrected chi connectivity index (χ2v) is 8.31. The van der Waals surface area contributed by atoms with Gasteiger partial charge >= 0.3 is 0 Å². The molecule has 0 amide bonds. The molecule has 2 aliphatic rings. The average molecular weight is 292 g/mol. The van der Waals surface area contributed by atoms with Gasteiger partial charge in [-0.05, 0) is 58.8 Å². The maximum atomic E-state index is 5.04. The van der Waals surface area contributed by atoms with E-state index < -0.39 is 0 Å². The van der Waals surface area contributed by atoms with E-state index >= 15 is 0 Å². The molecule has 0 saturated heterocycles. The molecule has 2 aliphatic carbocycles. The quantitative estimate of drug-likeness (QED) is 0.868. The van der Waals surface area contributed by atoms with E-state index in [9.17, 15) is 0 Å². The Bertz CT molecular complexity index is 438. The van der Waals surface area contributed by atoms with Crippen LogP contribution in [0.3, 0.4) is 0 Å². The summed E-state index contributed by atoms with van der Waals surface area (Å²) in [6, 6.07) is 0.515. The van der Waals surface area contributed by atoms with Crippen LogP contribution in [-0.4, -0.2) is 11.0 Å². The molecule has 1 aromatic heterocycles. The lowest BCUT2D eigenvalue weighted by Crippen LogP contribution is -2.45. The molecular formula is C17H28N2S. The Hall–Kier alpha value is -0.410. The maximum absolute atomic E-state index is 5.04. The number of hydrogen-bond donors (Lipinski definition) is 1. The number of thiazole rings is 1. The molecule has 0 spiro atoms. The number of fused-ring (bicyclic) bond motifs is 1. The second kappa shape index (κ2) is 5.76. The molecule has 3 rings (SSSR count). The van der Waals surface area contributed by atoms with E-state index in [2.05, 4.69) is 26.1 Å². The van der Waals surface area contributed by atoms with Gasteiger partial charge in [0.05, 0.1) is 11.2 Å². The lowest BCUT2D eigenvalue weighted by atomic mass is 9.76. The van der Waals surface area contributed by atoms with E-state index in [4.69, 9.17) is 4.98 Å². The fourth-order valence-electron chi connectivity index (χ4n) is 3.71. The van der Waals surface area contributed by atoms with Crippen molar-refractivity contribution in [3.8, 4) is 0 Å². The molecule has 0 radical (unpaired) electrons. The van der Waals surface area contributed by atoms with E-state index in [-0.39, 0.29) is 5.54 Å². The summed E-state index contributed by atoms with van der Waals surface area (Å²) in [4.78, 5) is 6.61. The van der Waals surface area contributed by atoms with Crippen LogP contribution < -0.4 is 5.32 Å². The molecule has 1 saturated carbocycles. The van der Waals surface area contributed by atoms with Crippen LogP contribution >= 0.6 is 11.3 Å². The van der Waals surface area contributed by atoms with Crippen LogP contribution in [0.2, 0.25) is 0 Å². The first-order chi connectivity index (χ1) is 9.57. The topological polar surface area (TPSA) is 24.9 Å². The minimum atomic E-state index is 0.0846. The standard InChI is InChI=1S/C17H28N2S/c1-12(2)19-17(3,11-13-7-6-8-13)16-18-14-9-4-5-10-15(14)20-16/h12-13,19H,4-11H2,1-3H3. The number of aryl methyl sites for hydroxylation is 2. The first-order valence-corrected chi connectivity index (χ1v) is 9.15. The predicted octanol–water partition coefficient (Wildman–Crippen LogP) is 4.43. The van der Waals surface area contributed by atoms with Gasteiger partial charge < -0.3 is 5.32 Å². The Morgan fingerprint density at radius 3 is 2.60 bits per heavy atom. The highest BCUT2D eigenvalue weighted by molar-refractivity contribution is 7.11. The van der Waals surface area contributed by atoms with Crippen LogP contribution in [0.15, 0.2) is 0 Å². The van der Waals surface area contributed by atoms with Crippen LogP contribution in [0.1, 0.15) is 74.9 Å². The van der Waals surface area contributed by atoms with E-state index in [0.717, 1.165) is 5.92 Å². The van der Waals surface area contributed by atoms with Crippen molar-refractivity contribution in [1.82, 2.24) is 10.3 Å². The highest BCUT2D eigenvalue weighted by Gasteiger charge is 2.36. The number of aromatic nitrogens is 1. The Balaban J connectivity index is 1.84. The van der Waals surface area contributed by atoms with Crippen LogP contribution in [0.25, 0.3) is 0 Å². The third-order valence-electron chi connectivity index (χ3n) is 4.85. The van der Waals surface area contributed by atoms with Crippen molar-refractivity contribution >= 4 is 11.3 Å². The Kier molecular flexibility index (Phi) is 4.19. The van der Waals surface area contributed by atoms with Crippen LogP contribution in [0, 0.1) is 5.92 Å². The zero-order valence-corrected chi connectivity index (χ0v) is 14.0. The summed E-state index contributed by atoms with van der Waals surface area (Å²) in [5, 5.41) is 5.18. The lowest BCUT2D eigenvalue weighted by Gasteiger charge is -2.38. The smallest absolute Gasteiger partial charge is 0.113 e. The van der Waals surface area contributed by atoms with Crippen molar-refractivity contribution in [2.75, 3.05) is 0 Å². The third kappa shape index (κ3) is 2.94. The number of rotatable bonds is 5. The first kappa shape index (κ1) is 14.5. The molecule has 0 aliphatic heterocycles. The molecule has 1 heterocycles. The predicted molar refractivity (Wildman–Crippen MR) is 86.3 cm³/mol. The minimum absolute atomic E-state index is 0.0846. The highest BCUT2D eigenvalue weighted by atomic mass is 32.1. The van der Waals surface area contributed by atoms with Gasteiger partial charge in [-0.15, -0.1) is 11.3 Å². The van der Waals surface area contributed by atoms with Crippen molar-refractivity contribution in [3.05, 3.63) is 15.6 Å². The van der Waals surface area contributed by atoms with Gasteiger partial charge in [-0.2, -0.15) is 0 Å². The third-order valence-corrected chi connectivity index (χ3v) is 6.27. The molecule has 3 heteroatoms. The summed E-state index contributed by atoms with van der Waals surface area (Å²) in [6.45, 7) is 6.90. The normalized spacial score (nSPS) is 22.4. The van der Waals surface area contributed by atoms with Gasteiger partial charge in [-0.25, -0.2) is 4.98 Å². The second-order valence-electron chi connectivity index (χ2n) is 7.23. The monoisotopic (exact) mass is 292 g/mol. The Morgan fingerprint density at radius 2 is 2.00 bits per heavy atom. The number of nitrogens with one attached hydrogen (secondary N) is 1. The summed E-state index contributed by atoms with van der Waals surface area (Å²) < 4.78 is 0. The van der Waals surface area contributed by atoms with E-state index in [1.807, 2.05) is 11.3 Å². The number of nitrogens with zero attached hydrogens (tertiary/aromatic N) is 1. The molecule has 1 fully saturated rings. The molecule has 1 unspecified atom stereocenters. The molecule has 1 atom stereocenters. The molecule has 1 aromatic rings. The van der Waals surface area contributed by atoms with Gasteiger partial charge in [0.25, 0.3) is 0 Å². The van der Waals surface area contributed by atoms with Crippen LogP contribution in [0.5, 0.6) is 0 Å². The van der Waals surface area contributed by atoms with Gasteiger partial charge in [0.2, 0.25) is 0 Å². The van der Waals surface area contributed by atoms with Gasteiger partial charge in [0.15, 0.2) is 0 Å². The maximum Gasteiger partial charge on any atom is 0.113 e. The molecule has 0 aromatic carbocycles. The van der Waals surface area contributed by atoms with Gasteiger partial charge in [0, 0.05) is 10.9 Å². The van der Waals surface area contributed by atoms with Crippen molar-refractivity contribution in [3.63, 3.8) is 0 Å². The van der Waals surface area contributed by atoms with E-state index in [1.54, 1.807) is 4.88 Å². The summed E-state index contributed by atoms with van der Waals surface area (Å²) in [7, 11) is 0. The van der Waals surface area contributed by atoms with E-state index in [0.29, 0.717) is 6.04 Å². The molecule has 0 bridgehead atoms. The summed E-state index contributed by atoms with van der Waals surface area (Å²) >= 11 is 1.99. The van der Waals surface area contributed by atoms with Gasteiger partial charge in [-0.3, -0.25) is 0 Å². The molecule has 2 nitrogen and oxygen atoms in total. The summed E-state index contributed by atoms with van der Waals surface area (Å²) in [6.07, 6.45) is 10.7. The molecule has 112 valence electrons. The zero-order chi connectivity index (χ0) is 14.2. The Labute approximate surface area is 127 Å². The lowest BCUT2D eigenvalue weighted by molar-refractivity contribution is 0.194. The molecular weight excluding hydrogens is 264 g/mol. The first-order valence-electron chi connectivity index (χ1n) is 8.33. The highest BCUT2D eigenvalue weighted by Crippen LogP contribution is 2.41. The fraction of sp³-hybridized carbons (Fsp3) is 0.824. The van der Waals surface area contributed by atoms with E-state index in [1.165, 1.54) is 62.1 Å². The largest absolute Gasteiger partial charge is 0.303 e. The zero-order valence-electron chi connectivity index (χ0n) is 13.2. The SMILES string of the molecule is CC(C)NC(C)(CC1CCC1)c1nc2c(s1)CCCC2. The van der Waals surface area contributed by atoms with Gasteiger partial charge in [0.1, 0.15) is 5.01 Å². The summed E-state index contributed by atoms with van der Waals surface area (Å²) in [5.74, 6) is 0.909. The summed E-state index contributed by atoms with van der Waals surface area (Å²) in [5.41, 5.74) is 1.49. The minimum Gasteiger partial charge on any atom is -0.303 e. The van der Waals surface area contributed by atoms with Crippen LogP contribution in [0.4, 0.5) is 0 Å². The van der Waals surface area contributed by atoms with Crippen molar-refractivity contribution in [2.24, 2.45) is 5.92 Å². The average Bonchev–Trinajstić information content (AvgIpc) is 2.77. The Morgan fingerprint density at radius 1 is 1.25 bits per heavy atom. The molecule has 1 N–H and O–H groups in total. The van der Waals surface area contributed by atoms with Gasteiger partial charge in [-0.1, -0.05) is 19.3 Å². The molecule has 20 heavy (non-hydrogen) atoms. The van der Waals surface area contributed by atoms with Crippen molar-refractivity contribution in [2.45, 2.75) is 83.7 Å². The fourth-order valence-corrected chi connectivity index (χ4v) is 4.98. The van der Waals surface area contributed by atoms with Crippen molar-refractivity contribution < 1.29 is 0 Å².